The average Bonchev–Trinajstić information content (AvgIpc) is 2.94. The van der Waals surface area contributed by atoms with Crippen LogP contribution in [0, 0.1) is 34.0 Å². The van der Waals surface area contributed by atoms with Gasteiger partial charge in [-0.1, -0.05) is 27.7 Å². The lowest BCUT2D eigenvalue weighted by Crippen LogP contribution is -2.38. The predicted molar refractivity (Wildman–Crippen MR) is 85.4 cm³/mol. The van der Waals surface area contributed by atoms with Gasteiger partial charge in [0.25, 0.3) is 5.91 Å². The van der Waals surface area contributed by atoms with Gasteiger partial charge in [-0.15, -0.1) is 0 Å². The van der Waals surface area contributed by atoms with Crippen molar-refractivity contribution in [3.05, 3.63) is 29.8 Å². The SMILES string of the molecule is CC1(C)C(C(=O)C(C#N)C(=O)NOc2ccc(C(F)(F)F)cc2)C1(C)C. The molecule has 1 aromatic rings. The first kappa shape index (κ1) is 19.8. The first-order valence-corrected chi connectivity index (χ1v) is 7.91. The smallest absolute Gasteiger partial charge is 0.379 e. The summed E-state index contributed by atoms with van der Waals surface area (Å²) < 4.78 is 37.5. The number of nitrogens with one attached hydrogen (secondary N) is 1. The summed E-state index contributed by atoms with van der Waals surface area (Å²) in [7, 11) is 0. The number of amides is 1. The molecule has 1 aliphatic carbocycles. The molecule has 2 rings (SSSR count). The van der Waals surface area contributed by atoms with Gasteiger partial charge < -0.3 is 4.84 Å². The molecule has 0 aromatic heterocycles. The highest BCUT2D eigenvalue weighted by atomic mass is 19.4. The van der Waals surface area contributed by atoms with E-state index in [0.29, 0.717) is 0 Å². The van der Waals surface area contributed by atoms with Crippen LogP contribution >= 0.6 is 0 Å². The Kier molecular flexibility index (Phi) is 4.79. The largest absolute Gasteiger partial charge is 0.416 e. The minimum absolute atomic E-state index is 0.0532. The van der Waals surface area contributed by atoms with E-state index in [1.165, 1.54) is 0 Å². The monoisotopic (exact) mass is 368 g/mol. The van der Waals surface area contributed by atoms with E-state index in [4.69, 9.17) is 4.84 Å². The summed E-state index contributed by atoms with van der Waals surface area (Å²) in [5, 5.41) is 9.19. The summed E-state index contributed by atoms with van der Waals surface area (Å²) in [5.74, 6) is -3.47. The van der Waals surface area contributed by atoms with Gasteiger partial charge >= 0.3 is 6.18 Å². The number of halogens is 3. The minimum Gasteiger partial charge on any atom is -0.379 e. The van der Waals surface area contributed by atoms with E-state index < -0.39 is 35.3 Å². The summed E-state index contributed by atoms with van der Waals surface area (Å²) in [6.45, 7) is 7.56. The van der Waals surface area contributed by atoms with E-state index in [1.807, 2.05) is 33.2 Å². The quantitative estimate of drug-likeness (QED) is 0.637. The number of hydroxylamine groups is 1. The van der Waals surface area contributed by atoms with Gasteiger partial charge in [0.2, 0.25) is 0 Å². The van der Waals surface area contributed by atoms with Crippen molar-refractivity contribution in [2.24, 2.45) is 22.7 Å². The zero-order valence-corrected chi connectivity index (χ0v) is 14.8. The molecular weight excluding hydrogens is 349 g/mol. The molecule has 140 valence electrons. The van der Waals surface area contributed by atoms with Crippen molar-refractivity contribution in [1.29, 1.82) is 5.26 Å². The Labute approximate surface area is 149 Å². The van der Waals surface area contributed by atoms with E-state index in [0.717, 1.165) is 24.3 Å². The fourth-order valence-corrected chi connectivity index (χ4v) is 3.21. The van der Waals surface area contributed by atoms with Crippen LogP contribution in [0.4, 0.5) is 13.2 Å². The van der Waals surface area contributed by atoms with Crippen LogP contribution in [0.2, 0.25) is 0 Å². The Morgan fingerprint density at radius 1 is 1.15 bits per heavy atom. The van der Waals surface area contributed by atoms with E-state index >= 15 is 0 Å². The third kappa shape index (κ3) is 3.39. The zero-order chi connectivity index (χ0) is 19.9. The van der Waals surface area contributed by atoms with Gasteiger partial charge in [-0.05, 0) is 35.1 Å². The molecule has 0 bridgehead atoms. The molecule has 1 amide bonds. The van der Waals surface area contributed by atoms with Crippen molar-refractivity contribution in [3.63, 3.8) is 0 Å². The molecule has 5 nitrogen and oxygen atoms in total. The Balaban J connectivity index is 2.00. The lowest BCUT2D eigenvalue weighted by Gasteiger charge is -2.12. The molecule has 0 heterocycles. The molecule has 1 N–H and O–H groups in total. The minimum atomic E-state index is -4.48. The van der Waals surface area contributed by atoms with Crippen LogP contribution in [-0.2, 0) is 15.8 Å². The van der Waals surface area contributed by atoms with Gasteiger partial charge in [-0.25, -0.2) is 0 Å². The molecule has 1 unspecified atom stereocenters. The number of hydrogen-bond acceptors (Lipinski definition) is 4. The predicted octanol–water partition coefficient (Wildman–Crippen LogP) is 3.51. The molecule has 1 saturated carbocycles. The van der Waals surface area contributed by atoms with Crippen LogP contribution in [0.5, 0.6) is 5.75 Å². The summed E-state index contributed by atoms with van der Waals surface area (Å²) in [6, 6.07) is 5.32. The first-order chi connectivity index (χ1) is 11.8. The van der Waals surface area contributed by atoms with Gasteiger partial charge in [0.15, 0.2) is 17.5 Å². The van der Waals surface area contributed by atoms with Gasteiger partial charge in [0.1, 0.15) is 0 Å². The van der Waals surface area contributed by atoms with Crippen molar-refractivity contribution >= 4 is 11.7 Å². The summed E-state index contributed by atoms with van der Waals surface area (Å²) in [5.41, 5.74) is 0.450. The Bertz CT molecular complexity index is 747. The lowest BCUT2D eigenvalue weighted by molar-refractivity contribution is -0.139. The van der Waals surface area contributed by atoms with Crippen molar-refractivity contribution in [2.45, 2.75) is 33.9 Å². The van der Waals surface area contributed by atoms with E-state index in [9.17, 15) is 28.0 Å². The maximum absolute atomic E-state index is 12.5. The first-order valence-electron chi connectivity index (χ1n) is 7.91. The highest BCUT2D eigenvalue weighted by molar-refractivity contribution is 6.06. The molecule has 8 heteroatoms. The molecule has 0 aliphatic heterocycles. The van der Waals surface area contributed by atoms with Crippen LogP contribution in [0.1, 0.15) is 33.3 Å². The van der Waals surface area contributed by atoms with Gasteiger partial charge in [0, 0.05) is 5.92 Å². The van der Waals surface area contributed by atoms with Crippen LogP contribution in [0.15, 0.2) is 24.3 Å². The number of carbonyl (C=O) groups is 2. The maximum atomic E-state index is 12.5. The number of rotatable bonds is 5. The summed E-state index contributed by atoms with van der Waals surface area (Å²) in [6.07, 6.45) is -4.48. The lowest BCUT2D eigenvalue weighted by atomic mass is 9.96. The van der Waals surface area contributed by atoms with Crippen LogP contribution in [-0.4, -0.2) is 11.7 Å². The third-order valence-corrected chi connectivity index (χ3v) is 5.43. The average molecular weight is 368 g/mol. The van der Waals surface area contributed by atoms with Gasteiger partial charge in [0.05, 0.1) is 11.6 Å². The number of nitriles is 1. The molecule has 1 aromatic carbocycles. The molecule has 0 radical (unpaired) electrons. The Morgan fingerprint density at radius 3 is 2.04 bits per heavy atom. The number of alkyl halides is 3. The fourth-order valence-electron chi connectivity index (χ4n) is 3.21. The molecular formula is C18H19F3N2O3. The van der Waals surface area contributed by atoms with Crippen molar-refractivity contribution in [2.75, 3.05) is 0 Å². The van der Waals surface area contributed by atoms with Crippen molar-refractivity contribution in [3.8, 4) is 11.8 Å². The zero-order valence-electron chi connectivity index (χ0n) is 14.8. The number of benzene rings is 1. The van der Waals surface area contributed by atoms with Crippen LogP contribution in [0.3, 0.4) is 0 Å². The molecule has 26 heavy (non-hydrogen) atoms. The number of ketones is 1. The molecule has 1 atom stereocenters. The van der Waals surface area contributed by atoms with E-state index in [-0.39, 0.29) is 16.6 Å². The summed E-state index contributed by atoms with van der Waals surface area (Å²) >= 11 is 0. The topological polar surface area (TPSA) is 79.2 Å². The molecule has 0 saturated heterocycles. The van der Waals surface area contributed by atoms with Crippen LogP contribution < -0.4 is 10.3 Å². The summed E-state index contributed by atoms with van der Waals surface area (Å²) in [4.78, 5) is 29.5. The number of Topliss-reactive ketones (excluding diaryl/α,β-unsaturated/α-hetero) is 1. The molecule has 0 spiro atoms. The third-order valence-electron chi connectivity index (χ3n) is 5.43. The van der Waals surface area contributed by atoms with Crippen LogP contribution in [0.25, 0.3) is 0 Å². The van der Waals surface area contributed by atoms with Crippen molar-refractivity contribution in [1.82, 2.24) is 5.48 Å². The second-order valence-electron chi connectivity index (χ2n) is 7.43. The molecule has 1 aliphatic rings. The highest BCUT2D eigenvalue weighted by Gasteiger charge is 2.69. The number of nitrogens with zero attached hydrogens (tertiary/aromatic N) is 1. The van der Waals surface area contributed by atoms with E-state index in [2.05, 4.69) is 0 Å². The second-order valence-corrected chi connectivity index (χ2v) is 7.43. The van der Waals surface area contributed by atoms with Gasteiger partial charge in [-0.2, -0.15) is 23.9 Å². The highest BCUT2D eigenvalue weighted by Crippen LogP contribution is 2.69. The maximum Gasteiger partial charge on any atom is 0.416 e. The number of hydrogen-bond donors (Lipinski definition) is 1. The normalized spacial score (nSPS) is 19.2. The standard InChI is InChI=1S/C18H19F3N2O3/c1-16(2)14(17(16,3)4)13(24)12(9-22)15(25)23-26-11-7-5-10(6-8-11)18(19,20)21/h5-8,12,14H,1-4H3,(H,23,25). The fraction of sp³-hybridized carbons (Fsp3) is 0.500. The Morgan fingerprint density at radius 2 is 1.65 bits per heavy atom. The molecule has 1 fully saturated rings. The number of carbonyl (C=O) groups excluding carboxylic acids is 2. The second kappa shape index (κ2) is 6.31. The Hall–Kier alpha value is -2.56. The van der Waals surface area contributed by atoms with Crippen molar-refractivity contribution < 1.29 is 27.6 Å². The van der Waals surface area contributed by atoms with E-state index in [1.54, 1.807) is 6.07 Å². The van der Waals surface area contributed by atoms with Gasteiger partial charge in [-0.3, -0.25) is 9.59 Å².